The Bertz CT molecular complexity index is 1520. The summed E-state index contributed by atoms with van der Waals surface area (Å²) < 4.78 is 7.93. The Balaban J connectivity index is 1.57. The summed E-state index contributed by atoms with van der Waals surface area (Å²) in [7, 11) is 0. The Morgan fingerprint density at radius 3 is 2.50 bits per heavy atom. The summed E-state index contributed by atoms with van der Waals surface area (Å²) in [6, 6.07) is 32.9. The average Bonchev–Trinajstić information content (AvgIpc) is 3.24. The first-order valence-electron chi connectivity index (χ1n) is 9.62. The fourth-order valence-electron chi connectivity index (χ4n) is 3.88. The van der Waals surface area contributed by atoms with Gasteiger partial charge >= 0.3 is 0 Å². The monoisotopic (exact) mass is 386 g/mol. The molecule has 4 nitrogen and oxygen atoms in total. The molecular weight excluding hydrogens is 372 g/mol. The van der Waals surface area contributed by atoms with E-state index in [4.69, 9.17) is 4.42 Å². The molecule has 2 heterocycles. The predicted molar refractivity (Wildman–Crippen MR) is 118 cm³/mol. The third-order valence-electron chi connectivity index (χ3n) is 5.30. The van der Waals surface area contributed by atoms with E-state index in [0.29, 0.717) is 22.2 Å². The van der Waals surface area contributed by atoms with Gasteiger partial charge in [0.1, 0.15) is 11.0 Å². The van der Waals surface area contributed by atoms with Gasteiger partial charge in [-0.2, -0.15) is 0 Å². The van der Waals surface area contributed by atoms with Gasteiger partial charge < -0.3 is 8.98 Å². The van der Waals surface area contributed by atoms with E-state index in [1.54, 1.807) is 12.1 Å². The highest BCUT2D eigenvalue weighted by atomic mass is 16.3. The lowest BCUT2D eigenvalue weighted by Crippen LogP contribution is -2.09. The minimum Gasteiger partial charge on any atom is -0.436 e. The number of benzene rings is 3. The Kier molecular flexibility index (Phi) is 3.50. The summed E-state index contributed by atoms with van der Waals surface area (Å²) in [6.45, 7) is 0. The van der Waals surface area contributed by atoms with Crippen LogP contribution in [0.1, 0.15) is 0 Å². The molecule has 0 atom stereocenters. The van der Waals surface area contributed by atoms with Crippen LogP contribution in [0.4, 0.5) is 0 Å². The van der Waals surface area contributed by atoms with Crippen LogP contribution in [0.5, 0.6) is 0 Å². The first-order chi connectivity index (χ1) is 14.8. The topological polar surface area (TPSA) is 48.0 Å². The molecule has 0 saturated heterocycles. The third-order valence-corrected chi connectivity index (χ3v) is 5.30. The number of rotatable bonds is 2. The SMILES string of the molecule is O=c1c2ccc#cc2n(-c2ccc(-c3nc4ccccc4o3)cc2)c2ccccc12. The van der Waals surface area contributed by atoms with Crippen molar-refractivity contribution in [3.05, 3.63) is 107 Å². The molecule has 140 valence electrons. The fraction of sp³-hybridized carbons (Fsp3) is 0. The van der Waals surface area contributed by atoms with E-state index < -0.39 is 0 Å². The normalized spacial score (nSPS) is 11.2. The second-order valence-corrected chi connectivity index (χ2v) is 7.08. The number of hydrogen-bond acceptors (Lipinski definition) is 3. The molecule has 0 unspecified atom stereocenters. The highest BCUT2D eigenvalue weighted by molar-refractivity contribution is 5.94. The number of aromatic nitrogens is 2. The Labute approximate surface area is 171 Å². The highest BCUT2D eigenvalue weighted by Gasteiger charge is 2.13. The quantitative estimate of drug-likeness (QED) is 0.392. The molecule has 0 saturated carbocycles. The lowest BCUT2D eigenvalue weighted by molar-refractivity contribution is 0.620. The lowest BCUT2D eigenvalue weighted by Gasteiger charge is -2.14. The van der Waals surface area contributed by atoms with Gasteiger partial charge in [0.05, 0.1) is 10.9 Å². The number of fused-ring (bicyclic) bond motifs is 3. The van der Waals surface area contributed by atoms with Gasteiger partial charge in [-0.1, -0.05) is 30.3 Å². The Morgan fingerprint density at radius 1 is 0.833 bits per heavy atom. The minimum atomic E-state index is 0.00481. The van der Waals surface area contributed by atoms with Gasteiger partial charge in [0, 0.05) is 16.6 Å². The standard InChI is InChI=1S/C26H14N2O2/c29-25-19-7-1-4-10-22(19)28(23-11-5-2-8-20(23)25)18-15-13-17(14-16-18)26-27-21-9-3-6-12-24(21)30-26/h1-4,6-10,12-16H. The number of pyridine rings is 1. The predicted octanol–water partition coefficient (Wildman–Crippen LogP) is 5.55. The van der Waals surface area contributed by atoms with Gasteiger partial charge in [-0.3, -0.25) is 4.79 Å². The zero-order valence-corrected chi connectivity index (χ0v) is 15.8. The molecule has 0 aliphatic rings. The van der Waals surface area contributed by atoms with E-state index in [1.165, 1.54) is 0 Å². The van der Waals surface area contributed by atoms with Gasteiger partial charge in [0.15, 0.2) is 11.0 Å². The molecule has 6 rings (SSSR count). The van der Waals surface area contributed by atoms with Crippen molar-refractivity contribution < 1.29 is 4.42 Å². The number of para-hydroxylation sites is 3. The van der Waals surface area contributed by atoms with Crippen molar-refractivity contribution in [3.8, 4) is 17.1 Å². The highest BCUT2D eigenvalue weighted by Crippen LogP contribution is 2.27. The summed E-state index contributed by atoms with van der Waals surface area (Å²) in [5.74, 6) is 0.581. The molecule has 30 heavy (non-hydrogen) atoms. The van der Waals surface area contributed by atoms with Gasteiger partial charge in [0.2, 0.25) is 5.89 Å². The second kappa shape index (κ2) is 6.33. The summed E-state index contributed by atoms with van der Waals surface area (Å²) in [5, 5.41) is 1.29. The summed E-state index contributed by atoms with van der Waals surface area (Å²) in [5.41, 5.74) is 4.95. The van der Waals surface area contributed by atoms with E-state index in [0.717, 1.165) is 27.9 Å². The number of nitrogens with zero attached hydrogens (tertiary/aromatic N) is 2. The summed E-state index contributed by atoms with van der Waals surface area (Å²) >= 11 is 0. The number of hydrogen-bond donors (Lipinski definition) is 0. The molecule has 4 heteroatoms. The third kappa shape index (κ3) is 2.43. The van der Waals surface area contributed by atoms with Crippen LogP contribution in [0.2, 0.25) is 0 Å². The average molecular weight is 386 g/mol. The first kappa shape index (κ1) is 16.6. The molecule has 0 aliphatic carbocycles. The second-order valence-electron chi connectivity index (χ2n) is 7.08. The van der Waals surface area contributed by atoms with Crippen LogP contribution < -0.4 is 5.43 Å². The van der Waals surface area contributed by atoms with Gasteiger partial charge in [-0.05, 0) is 66.7 Å². The van der Waals surface area contributed by atoms with Crippen molar-refractivity contribution in [1.29, 1.82) is 0 Å². The van der Waals surface area contributed by atoms with Crippen LogP contribution in [-0.4, -0.2) is 9.55 Å². The maximum atomic E-state index is 12.9. The first-order valence-corrected chi connectivity index (χ1v) is 9.62. The van der Waals surface area contributed by atoms with Gasteiger partial charge in [-0.15, -0.1) is 0 Å². The molecule has 0 radical (unpaired) electrons. The molecule has 0 N–H and O–H groups in total. The Hall–Kier alpha value is -4.36. The van der Waals surface area contributed by atoms with E-state index in [1.807, 2.05) is 77.4 Å². The lowest BCUT2D eigenvalue weighted by atomic mass is 10.1. The van der Waals surface area contributed by atoms with Crippen molar-refractivity contribution >= 4 is 32.9 Å². The molecule has 2 aromatic heterocycles. The molecular formula is C26H14N2O2. The largest absolute Gasteiger partial charge is 0.436 e. The summed E-state index contributed by atoms with van der Waals surface area (Å²) in [6.07, 6.45) is 0. The van der Waals surface area contributed by atoms with Crippen molar-refractivity contribution in [2.24, 2.45) is 0 Å². The maximum Gasteiger partial charge on any atom is 0.227 e. The minimum absolute atomic E-state index is 0.00481. The van der Waals surface area contributed by atoms with Crippen molar-refractivity contribution in [1.82, 2.24) is 9.55 Å². The molecule has 4 aromatic carbocycles. The van der Waals surface area contributed by atoms with Crippen LogP contribution in [0.15, 0.2) is 94.1 Å². The van der Waals surface area contributed by atoms with E-state index >= 15 is 0 Å². The van der Waals surface area contributed by atoms with Crippen LogP contribution in [0, 0.1) is 12.1 Å². The molecule has 0 spiro atoms. The molecule has 6 aromatic rings. The van der Waals surface area contributed by atoms with Gasteiger partial charge in [0.25, 0.3) is 0 Å². The van der Waals surface area contributed by atoms with Crippen molar-refractivity contribution in [2.45, 2.75) is 0 Å². The van der Waals surface area contributed by atoms with E-state index in [-0.39, 0.29) is 5.43 Å². The van der Waals surface area contributed by atoms with Crippen LogP contribution in [0.3, 0.4) is 0 Å². The molecule has 0 fully saturated rings. The maximum absolute atomic E-state index is 12.9. The van der Waals surface area contributed by atoms with Gasteiger partial charge in [-0.25, -0.2) is 4.98 Å². The number of oxazole rings is 1. The molecule has 0 bridgehead atoms. The van der Waals surface area contributed by atoms with E-state index in [2.05, 4.69) is 17.1 Å². The van der Waals surface area contributed by atoms with Crippen molar-refractivity contribution in [3.63, 3.8) is 0 Å². The zero-order valence-electron chi connectivity index (χ0n) is 15.8. The van der Waals surface area contributed by atoms with E-state index in [9.17, 15) is 4.79 Å². The molecule has 0 aliphatic heterocycles. The van der Waals surface area contributed by atoms with Crippen LogP contribution >= 0.6 is 0 Å². The smallest absolute Gasteiger partial charge is 0.227 e. The zero-order chi connectivity index (χ0) is 20.1. The molecule has 0 amide bonds. The Morgan fingerprint density at radius 2 is 1.63 bits per heavy atom. The van der Waals surface area contributed by atoms with Crippen molar-refractivity contribution in [2.75, 3.05) is 0 Å². The summed E-state index contributed by atoms with van der Waals surface area (Å²) in [4.78, 5) is 17.5. The fourth-order valence-corrected chi connectivity index (χ4v) is 3.88. The van der Waals surface area contributed by atoms with Crippen LogP contribution in [0.25, 0.3) is 50.0 Å². The van der Waals surface area contributed by atoms with Crippen LogP contribution in [-0.2, 0) is 0 Å².